The second-order valence-corrected chi connectivity index (χ2v) is 3.37. The zero-order chi connectivity index (χ0) is 10.8. The summed E-state index contributed by atoms with van der Waals surface area (Å²) < 4.78 is 0. The standard InChI is InChI=1S/C10H6ClN3O/c11-7-3-6(5-12)10(9(15)4-7)8-1-2-13-14-8/h1-4,15H,(H,13,14). The Morgan fingerprint density at radius 2 is 2.27 bits per heavy atom. The molecule has 1 aromatic heterocycles. The first-order chi connectivity index (χ1) is 7.22. The van der Waals surface area contributed by atoms with Crippen LogP contribution in [0.3, 0.4) is 0 Å². The lowest BCUT2D eigenvalue weighted by Gasteiger charge is -2.04. The predicted octanol–water partition coefficient (Wildman–Crippen LogP) is 2.31. The number of aromatic amines is 1. The molecule has 0 aliphatic rings. The van der Waals surface area contributed by atoms with Crippen molar-refractivity contribution in [2.75, 3.05) is 0 Å². The van der Waals surface area contributed by atoms with Gasteiger partial charge in [0.25, 0.3) is 0 Å². The third kappa shape index (κ3) is 1.65. The molecule has 0 fully saturated rings. The third-order valence-corrected chi connectivity index (χ3v) is 2.19. The maximum Gasteiger partial charge on any atom is 0.127 e. The fourth-order valence-corrected chi connectivity index (χ4v) is 1.57. The maximum atomic E-state index is 9.69. The van der Waals surface area contributed by atoms with Gasteiger partial charge in [0.15, 0.2) is 0 Å². The highest BCUT2D eigenvalue weighted by atomic mass is 35.5. The van der Waals surface area contributed by atoms with E-state index >= 15 is 0 Å². The van der Waals surface area contributed by atoms with Crippen molar-refractivity contribution in [1.82, 2.24) is 10.2 Å². The smallest absolute Gasteiger partial charge is 0.127 e. The van der Waals surface area contributed by atoms with E-state index in [2.05, 4.69) is 10.2 Å². The average Bonchev–Trinajstić information content (AvgIpc) is 2.69. The summed E-state index contributed by atoms with van der Waals surface area (Å²) in [5, 5.41) is 25.4. The van der Waals surface area contributed by atoms with Gasteiger partial charge in [-0.25, -0.2) is 0 Å². The van der Waals surface area contributed by atoms with Gasteiger partial charge >= 0.3 is 0 Å². The van der Waals surface area contributed by atoms with E-state index in [1.54, 1.807) is 12.3 Å². The number of benzene rings is 1. The van der Waals surface area contributed by atoms with Crippen molar-refractivity contribution in [1.29, 1.82) is 5.26 Å². The van der Waals surface area contributed by atoms with E-state index in [-0.39, 0.29) is 5.75 Å². The summed E-state index contributed by atoms with van der Waals surface area (Å²) in [4.78, 5) is 0. The summed E-state index contributed by atoms with van der Waals surface area (Å²) in [7, 11) is 0. The number of aromatic hydroxyl groups is 1. The van der Waals surface area contributed by atoms with E-state index in [9.17, 15) is 5.11 Å². The summed E-state index contributed by atoms with van der Waals surface area (Å²) in [6.45, 7) is 0. The first-order valence-corrected chi connectivity index (χ1v) is 4.52. The number of hydrogen-bond acceptors (Lipinski definition) is 3. The first kappa shape index (κ1) is 9.56. The first-order valence-electron chi connectivity index (χ1n) is 4.14. The number of rotatable bonds is 1. The molecule has 0 saturated carbocycles. The highest BCUT2D eigenvalue weighted by Crippen LogP contribution is 2.33. The number of nitrogens with zero attached hydrogens (tertiary/aromatic N) is 2. The number of hydrogen-bond donors (Lipinski definition) is 2. The third-order valence-electron chi connectivity index (χ3n) is 1.97. The Morgan fingerprint density at radius 1 is 1.47 bits per heavy atom. The van der Waals surface area contributed by atoms with Crippen LogP contribution in [-0.4, -0.2) is 15.3 Å². The lowest BCUT2D eigenvalue weighted by molar-refractivity contribution is 0.477. The van der Waals surface area contributed by atoms with Crippen molar-refractivity contribution in [3.63, 3.8) is 0 Å². The van der Waals surface area contributed by atoms with Crippen LogP contribution in [0.25, 0.3) is 11.3 Å². The molecule has 2 aromatic rings. The van der Waals surface area contributed by atoms with Gasteiger partial charge in [0.1, 0.15) is 11.8 Å². The highest BCUT2D eigenvalue weighted by molar-refractivity contribution is 6.31. The van der Waals surface area contributed by atoms with Gasteiger partial charge in [0.05, 0.1) is 16.8 Å². The van der Waals surface area contributed by atoms with Crippen LogP contribution in [-0.2, 0) is 0 Å². The van der Waals surface area contributed by atoms with Gasteiger partial charge in [-0.15, -0.1) is 0 Å². The van der Waals surface area contributed by atoms with Crippen LogP contribution in [0.2, 0.25) is 5.02 Å². The zero-order valence-corrected chi connectivity index (χ0v) is 8.28. The molecule has 0 atom stereocenters. The Morgan fingerprint density at radius 3 is 2.87 bits per heavy atom. The molecule has 15 heavy (non-hydrogen) atoms. The molecule has 2 rings (SSSR count). The number of phenols is 1. The van der Waals surface area contributed by atoms with Crippen LogP contribution in [0, 0.1) is 11.3 Å². The van der Waals surface area contributed by atoms with E-state index in [4.69, 9.17) is 16.9 Å². The molecule has 0 bridgehead atoms. The Bertz CT molecular complexity index is 528. The summed E-state index contributed by atoms with van der Waals surface area (Å²) in [6, 6.07) is 6.53. The molecule has 0 saturated heterocycles. The molecule has 4 nitrogen and oxygen atoms in total. The number of halogens is 1. The normalized spacial score (nSPS) is 9.87. The lowest BCUT2D eigenvalue weighted by Crippen LogP contribution is -1.86. The fraction of sp³-hybridized carbons (Fsp3) is 0. The van der Waals surface area contributed by atoms with Gasteiger partial charge in [0.2, 0.25) is 0 Å². The molecule has 0 spiro atoms. The highest BCUT2D eigenvalue weighted by Gasteiger charge is 2.12. The van der Waals surface area contributed by atoms with Crippen molar-refractivity contribution in [2.45, 2.75) is 0 Å². The number of phenolic OH excluding ortho intramolecular Hbond substituents is 1. The van der Waals surface area contributed by atoms with E-state index in [1.165, 1.54) is 12.1 Å². The molecule has 5 heteroatoms. The quantitative estimate of drug-likeness (QED) is 0.773. The number of H-pyrrole nitrogens is 1. The molecule has 0 unspecified atom stereocenters. The minimum atomic E-state index is -0.0386. The summed E-state index contributed by atoms with van der Waals surface area (Å²) >= 11 is 5.73. The van der Waals surface area contributed by atoms with E-state index in [0.717, 1.165) is 0 Å². The fourth-order valence-electron chi connectivity index (χ4n) is 1.36. The molecule has 74 valence electrons. The Balaban J connectivity index is 2.71. The van der Waals surface area contributed by atoms with E-state index in [0.29, 0.717) is 21.8 Å². The second-order valence-electron chi connectivity index (χ2n) is 2.93. The molecule has 0 radical (unpaired) electrons. The zero-order valence-electron chi connectivity index (χ0n) is 7.53. The van der Waals surface area contributed by atoms with E-state index < -0.39 is 0 Å². The molecular weight excluding hydrogens is 214 g/mol. The maximum absolute atomic E-state index is 9.69. The minimum absolute atomic E-state index is 0.0386. The Kier molecular flexibility index (Phi) is 2.32. The largest absolute Gasteiger partial charge is 0.507 e. The second kappa shape index (κ2) is 3.64. The number of nitriles is 1. The Labute approximate surface area is 90.7 Å². The van der Waals surface area contributed by atoms with Crippen LogP contribution in [0.1, 0.15) is 5.56 Å². The molecule has 0 aliphatic carbocycles. The van der Waals surface area contributed by atoms with Crippen molar-refractivity contribution < 1.29 is 5.11 Å². The van der Waals surface area contributed by atoms with E-state index in [1.807, 2.05) is 6.07 Å². The molecule has 1 aromatic carbocycles. The topological polar surface area (TPSA) is 72.7 Å². The molecule has 1 heterocycles. The van der Waals surface area contributed by atoms with Crippen LogP contribution >= 0.6 is 11.6 Å². The summed E-state index contributed by atoms with van der Waals surface area (Å²) in [5.74, 6) is -0.0386. The van der Waals surface area contributed by atoms with Crippen molar-refractivity contribution in [2.24, 2.45) is 0 Å². The van der Waals surface area contributed by atoms with Gasteiger partial charge in [-0.1, -0.05) is 11.6 Å². The Hall–Kier alpha value is -1.99. The van der Waals surface area contributed by atoms with Crippen LogP contribution in [0.15, 0.2) is 24.4 Å². The SMILES string of the molecule is N#Cc1cc(Cl)cc(O)c1-c1ccn[nH]1. The number of aromatic nitrogens is 2. The van der Waals surface area contributed by atoms with Crippen LogP contribution < -0.4 is 0 Å². The van der Waals surface area contributed by atoms with Crippen LogP contribution in [0.5, 0.6) is 5.75 Å². The van der Waals surface area contributed by atoms with Crippen molar-refractivity contribution in [3.8, 4) is 23.1 Å². The molecule has 0 amide bonds. The summed E-state index contributed by atoms with van der Waals surface area (Å²) in [5.41, 5.74) is 1.31. The lowest BCUT2D eigenvalue weighted by atomic mass is 10.0. The number of nitrogens with one attached hydrogen (secondary N) is 1. The molecule has 2 N–H and O–H groups in total. The van der Waals surface area contributed by atoms with Crippen LogP contribution in [0.4, 0.5) is 0 Å². The average molecular weight is 220 g/mol. The van der Waals surface area contributed by atoms with Gasteiger partial charge in [0, 0.05) is 11.2 Å². The van der Waals surface area contributed by atoms with Gasteiger partial charge in [-0.3, -0.25) is 5.10 Å². The minimum Gasteiger partial charge on any atom is -0.507 e. The van der Waals surface area contributed by atoms with Gasteiger partial charge < -0.3 is 5.11 Å². The van der Waals surface area contributed by atoms with Gasteiger partial charge in [-0.2, -0.15) is 10.4 Å². The predicted molar refractivity (Wildman–Crippen MR) is 55.4 cm³/mol. The molecule has 0 aliphatic heterocycles. The van der Waals surface area contributed by atoms with Crippen molar-refractivity contribution in [3.05, 3.63) is 35.0 Å². The molecular formula is C10H6ClN3O. The van der Waals surface area contributed by atoms with Gasteiger partial charge in [-0.05, 0) is 18.2 Å². The summed E-state index contributed by atoms with van der Waals surface area (Å²) in [6.07, 6.45) is 1.55. The van der Waals surface area contributed by atoms with Crippen molar-refractivity contribution >= 4 is 11.6 Å². The monoisotopic (exact) mass is 219 g/mol.